The first-order valence-corrected chi connectivity index (χ1v) is 7.06. The number of anilines is 1. The van der Waals surface area contributed by atoms with Gasteiger partial charge in [-0.15, -0.1) is 4.33 Å². The van der Waals surface area contributed by atoms with E-state index >= 15 is 0 Å². The summed E-state index contributed by atoms with van der Waals surface area (Å²) in [5.41, 5.74) is 2.59. The second-order valence-electron chi connectivity index (χ2n) is 3.65. The Labute approximate surface area is 118 Å². The first kappa shape index (κ1) is 15.5. The van der Waals surface area contributed by atoms with Gasteiger partial charge in [0.05, 0.1) is 12.0 Å². The Morgan fingerprint density at radius 1 is 1.44 bits per heavy atom. The Hall–Kier alpha value is -0.600. The zero-order valence-corrected chi connectivity index (χ0v) is 12.4. The maximum absolute atomic E-state index is 11.5. The van der Waals surface area contributed by atoms with E-state index in [4.69, 9.17) is 5.26 Å². The highest BCUT2D eigenvalue weighted by atomic mass is 79.9. The van der Waals surface area contributed by atoms with Gasteiger partial charge in [-0.25, -0.2) is 5.26 Å². The number of carbonyl (C=O) groups is 1. The second-order valence-corrected chi connectivity index (χ2v) is 5.18. The third kappa shape index (κ3) is 4.58. The molecule has 0 unspecified atom stereocenters. The molecule has 1 amide bonds. The summed E-state index contributed by atoms with van der Waals surface area (Å²) in [7, 11) is 0. The molecule has 7 heteroatoms. The van der Waals surface area contributed by atoms with Gasteiger partial charge in [-0.2, -0.15) is 0 Å². The standard InChI is InChI=1S/C11H14BrNO4S/c1-7-6-10(18-17-16-15)8(2)5-9(7)13-11(14)3-4-12/h5-6,15H,3-4H2,1-2H3,(H,13,14). The zero-order valence-electron chi connectivity index (χ0n) is 10.0. The molecule has 0 saturated heterocycles. The lowest BCUT2D eigenvalue weighted by molar-refractivity contribution is -0.432. The van der Waals surface area contributed by atoms with Crippen molar-refractivity contribution < 1.29 is 19.4 Å². The van der Waals surface area contributed by atoms with Crippen molar-refractivity contribution in [1.29, 1.82) is 0 Å². The average molecular weight is 336 g/mol. The number of hydrogen-bond donors (Lipinski definition) is 2. The fourth-order valence-corrected chi connectivity index (χ4v) is 2.24. The van der Waals surface area contributed by atoms with Gasteiger partial charge in [0.15, 0.2) is 0 Å². The number of nitrogens with one attached hydrogen (secondary N) is 1. The van der Waals surface area contributed by atoms with Crippen LogP contribution in [0.3, 0.4) is 0 Å². The molecule has 5 nitrogen and oxygen atoms in total. The van der Waals surface area contributed by atoms with Crippen LogP contribution in [0.2, 0.25) is 0 Å². The van der Waals surface area contributed by atoms with Crippen LogP contribution >= 0.6 is 28.0 Å². The van der Waals surface area contributed by atoms with Gasteiger partial charge in [0.1, 0.15) is 0 Å². The lowest BCUT2D eigenvalue weighted by atomic mass is 10.1. The van der Waals surface area contributed by atoms with Crippen LogP contribution in [0.25, 0.3) is 0 Å². The molecule has 0 spiro atoms. The number of benzene rings is 1. The van der Waals surface area contributed by atoms with Crippen LogP contribution in [-0.2, 0) is 14.2 Å². The fraction of sp³-hybridized carbons (Fsp3) is 0.364. The molecule has 1 aromatic carbocycles. The Bertz CT molecular complexity index is 428. The first-order chi connectivity index (χ1) is 8.58. The number of alkyl halides is 1. The van der Waals surface area contributed by atoms with Crippen molar-refractivity contribution in [2.24, 2.45) is 0 Å². The summed E-state index contributed by atoms with van der Waals surface area (Å²) in [5.74, 6) is -0.0373. The van der Waals surface area contributed by atoms with Crippen molar-refractivity contribution in [1.82, 2.24) is 0 Å². The van der Waals surface area contributed by atoms with Crippen LogP contribution in [0.4, 0.5) is 5.69 Å². The Morgan fingerprint density at radius 3 is 2.78 bits per heavy atom. The number of rotatable bonds is 6. The molecule has 0 atom stereocenters. The molecule has 0 heterocycles. The van der Waals surface area contributed by atoms with E-state index in [1.54, 1.807) is 0 Å². The molecule has 0 aliphatic carbocycles. The third-order valence-electron chi connectivity index (χ3n) is 2.27. The minimum atomic E-state index is -0.0373. The summed E-state index contributed by atoms with van der Waals surface area (Å²) in [6.07, 6.45) is 0.427. The Balaban J connectivity index is 2.82. The molecule has 0 radical (unpaired) electrons. The summed E-state index contributed by atoms with van der Waals surface area (Å²) >= 11 is 4.12. The van der Waals surface area contributed by atoms with Crippen LogP contribution in [0.15, 0.2) is 17.0 Å². The average Bonchev–Trinajstić information content (AvgIpc) is 2.32. The van der Waals surface area contributed by atoms with Crippen molar-refractivity contribution in [3.05, 3.63) is 23.3 Å². The molecule has 0 aliphatic heterocycles. The van der Waals surface area contributed by atoms with E-state index in [0.717, 1.165) is 33.8 Å². The van der Waals surface area contributed by atoms with E-state index in [2.05, 4.69) is 30.6 Å². The lowest BCUT2D eigenvalue weighted by Gasteiger charge is -2.11. The number of aryl methyl sites for hydroxylation is 2. The van der Waals surface area contributed by atoms with E-state index < -0.39 is 0 Å². The molecule has 0 aliphatic rings. The molecule has 0 aromatic heterocycles. The van der Waals surface area contributed by atoms with E-state index in [0.29, 0.717) is 11.8 Å². The van der Waals surface area contributed by atoms with Gasteiger partial charge in [-0.3, -0.25) is 4.79 Å². The van der Waals surface area contributed by atoms with Crippen molar-refractivity contribution >= 4 is 39.6 Å². The number of hydrogen-bond acceptors (Lipinski definition) is 5. The highest BCUT2D eigenvalue weighted by Crippen LogP contribution is 2.29. The predicted octanol–water partition coefficient (Wildman–Crippen LogP) is 3.46. The van der Waals surface area contributed by atoms with Gasteiger partial charge in [-0.1, -0.05) is 21.0 Å². The minimum absolute atomic E-state index is 0.0373. The fourth-order valence-electron chi connectivity index (χ4n) is 1.36. The highest BCUT2D eigenvalue weighted by Gasteiger charge is 2.09. The van der Waals surface area contributed by atoms with Crippen LogP contribution in [0, 0.1) is 13.8 Å². The normalized spacial score (nSPS) is 10.4. The SMILES string of the molecule is Cc1cc(SOOO)c(C)cc1NC(=O)CCBr. The largest absolute Gasteiger partial charge is 0.326 e. The van der Waals surface area contributed by atoms with Crippen molar-refractivity contribution in [3.63, 3.8) is 0 Å². The lowest BCUT2D eigenvalue weighted by Crippen LogP contribution is -2.12. The van der Waals surface area contributed by atoms with Gasteiger partial charge < -0.3 is 5.32 Å². The van der Waals surface area contributed by atoms with Gasteiger partial charge >= 0.3 is 0 Å². The molecule has 0 saturated carbocycles. The Morgan fingerprint density at radius 2 is 2.17 bits per heavy atom. The topological polar surface area (TPSA) is 67.8 Å². The molecule has 1 rings (SSSR count). The number of amides is 1. The molecule has 1 aromatic rings. The first-order valence-electron chi connectivity index (χ1n) is 5.20. The quantitative estimate of drug-likeness (QED) is 0.360. The monoisotopic (exact) mass is 335 g/mol. The van der Waals surface area contributed by atoms with E-state index in [-0.39, 0.29) is 5.91 Å². The molecule has 18 heavy (non-hydrogen) atoms. The smallest absolute Gasteiger partial charge is 0.225 e. The van der Waals surface area contributed by atoms with E-state index in [1.807, 2.05) is 26.0 Å². The molecular formula is C11H14BrNO4S. The summed E-state index contributed by atoms with van der Waals surface area (Å²) in [6.45, 7) is 3.76. The summed E-state index contributed by atoms with van der Waals surface area (Å²) in [4.78, 5) is 12.3. The summed E-state index contributed by atoms with van der Waals surface area (Å²) in [5, 5.41) is 15.1. The van der Waals surface area contributed by atoms with E-state index in [1.165, 1.54) is 0 Å². The number of halogens is 1. The molecule has 100 valence electrons. The Kier molecular flexibility index (Phi) is 6.66. The van der Waals surface area contributed by atoms with Gasteiger partial charge in [0, 0.05) is 22.3 Å². The zero-order chi connectivity index (χ0) is 13.5. The van der Waals surface area contributed by atoms with Crippen LogP contribution in [0.1, 0.15) is 17.5 Å². The van der Waals surface area contributed by atoms with Crippen LogP contribution in [-0.4, -0.2) is 16.5 Å². The van der Waals surface area contributed by atoms with Crippen LogP contribution in [0.5, 0.6) is 0 Å². The third-order valence-corrected chi connectivity index (χ3v) is 3.42. The minimum Gasteiger partial charge on any atom is -0.326 e. The van der Waals surface area contributed by atoms with Crippen molar-refractivity contribution in [2.45, 2.75) is 25.2 Å². The van der Waals surface area contributed by atoms with E-state index in [9.17, 15) is 4.79 Å². The summed E-state index contributed by atoms with van der Waals surface area (Å²) in [6, 6.07) is 3.70. The van der Waals surface area contributed by atoms with Crippen molar-refractivity contribution in [2.75, 3.05) is 10.6 Å². The number of carbonyl (C=O) groups excluding carboxylic acids is 1. The molecule has 0 bridgehead atoms. The molecular weight excluding hydrogens is 322 g/mol. The molecule has 2 N–H and O–H groups in total. The predicted molar refractivity (Wildman–Crippen MR) is 73.6 cm³/mol. The van der Waals surface area contributed by atoms with Crippen LogP contribution < -0.4 is 5.32 Å². The highest BCUT2D eigenvalue weighted by molar-refractivity contribution is 9.09. The van der Waals surface area contributed by atoms with Gasteiger partial charge in [0.25, 0.3) is 0 Å². The summed E-state index contributed by atoms with van der Waals surface area (Å²) < 4.78 is 4.39. The van der Waals surface area contributed by atoms with Crippen molar-refractivity contribution in [3.8, 4) is 0 Å². The second kappa shape index (κ2) is 7.75. The molecule has 0 fully saturated rings. The van der Waals surface area contributed by atoms with Gasteiger partial charge in [0.2, 0.25) is 5.91 Å². The maximum Gasteiger partial charge on any atom is 0.225 e. The van der Waals surface area contributed by atoms with Gasteiger partial charge in [-0.05, 0) is 37.1 Å². The maximum atomic E-state index is 11.5.